The lowest BCUT2D eigenvalue weighted by Crippen LogP contribution is -2.11. The van der Waals surface area contributed by atoms with E-state index in [1.54, 1.807) is 24.3 Å². The van der Waals surface area contributed by atoms with Gasteiger partial charge in [-0.1, -0.05) is 43.7 Å². The third-order valence-electron chi connectivity index (χ3n) is 3.56. The second-order valence-corrected chi connectivity index (χ2v) is 7.09. The van der Waals surface area contributed by atoms with Crippen LogP contribution in [0.15, 0.2) is 58.7 Å². The van der Waals surface area contributed by atoms with Gasteiger partial charge in [-0.05, 0) is 36.1 Å². The molecule has 0 saturated carbocycles. The summed E-state index contributed by atoms with van der Waals surface area (Å²) in [4.78, 5) is 3.63. The predicted octanol–water partition coefficient (Wildman–Crippen LogP) is 4.23. The Hall–Kier alpha value is -2.63. The Balaban J connectivity index is 2.68. The minimum atomic E-state index is -3.60. The maximum absolute atomic E-state index is 12.8. The Labute approximate surface area is 136 Å². The van der Waals surface area contributed by atoms with Crippen LogP contribution in [0, 0.1) is 17.9 Å². The number of allylic oxidation sites excluding steroid dienone is 5. The third-order valence-corrected chi connectivity index (χ3v) is 5.51. The van der Waals surface area contributed by atoms with Crippen LogP contribution in [0.4, 0.5) is 0 Å². The molecule has 2 rings (SSSR count). The molecule has 0 bridgehead atoms. The lowest BCUT2D eigenvalue weighted by atomic mass is 10.1. The smallest absolute Gasteiger partial charge is 0.226 e. The molecule has 1 aromatic rings. The first-order chi connectivity index (χ1) is 11.0. The van der Waals surface area contributed by atoms with Gasteiger partial charge in [0, 0.05) is 4.91 Å². The van der Waals surface area contributed by atoms with Gasteiger partial charge in [0.05, 0.1) is 17.5 Å². The first kappa shape index (κ1) is 16.7. The van der Waals surface area contributed by atoms with Crippen molar-refractivity contribution in [3.8, 4) is 6.07 Å². The maximum atomic E-state index is 12.8. The molecule has 0 N–H and O–H groups in total. The van der Waals surface area contributed by atoms with Gasteiger partial charge in [-0.3, -0.25) is 0 Å². The van der Waals surface area contributed by atoms with Gasteiger partial charge in [-0.25, -0.2) is 18.5 Å². The van der Waals surface area contributed by atoms with Crippen molar-refractivity contribution in [1.82, 2.24) is 0 Å². The normalized spacial score (nSPS) is 18.2. The number of benzene rings is 1. The van der Waals surface area contributed by atoms with E-state index in [1.165, 1.54) is 12.2 Å². The van der Waals surface area contributed by atoms with Gasteiger partial charge in [-0.2, -0.15) is 0 Å². The van der Waals surface area contributed by atoms with Crippen LogP contribution in [0.5, 0.6) is 0 Å². The molecule has 1 aliphatic rings. The fraction of sp³-hybridized carbons (Fsp3) is 0.222. The van der Waals surface area contributed by atoms with Gasteiger partial charge in [-0.15, -0.1) is 0 Å². The van der Waals surface area contributed by atoms with E-state index in [0.29, 0.717) is 17.6 Å². The highest BCUT2D eigenvalue weighted by atomic mass is 32.2. The third kappa shape index (κ3) is 3.41. The number of nitrogens with zero attached hydrogens (tertiary/aromatic N) is 2. The van der Waals surface area contributed by atoms with E-state index in [-0.39, 0.29) is 15.5 Å². The fourth-order valence-corrected chi connectivity index (χ4v) is 4.05. The first-order valence-electron chi connectivity index (χ1n) is 7.29. The summed E-state index contributed by atoms with van der Waals surface area (Å²) in [5.74, 6) is 0. The lowest BCUT2D eigenvalue weighted by molar-refractivity contribution is 0.608. The number of hydrogen-bond acceptors (Lipinski definition) is 3. The maximum Gasteiger partial charge on any atom is 0.269 e. The van der Waals surface area contributed by atoms with Crippen molar-refractivity contribution in [2.45, 2.75) is 26.2 Å². The summed E-state index contributed by atoms with van der Waals surface area (Å²) in [7, 11) is -3.60. The van der Waals surface area contributed by atoms with Crippen LogP contribution in [0.3, 0.4) is 0 Å². The van der Waals surface area contributed by atoms with Gasteiger partial charge in [0.15, 0.2) is 0 Å². The summed E-state index contributed by atoms with van der Waals surface area (Å²) in [6.07, 6.45) is 4.90. The Bertz CT molecular complexity index is 861. The zero-order valence-corrected chi connectivity index (χ0v) is 13.6. The van der Waals surface area contributed by atoms with Gasteiger partial charge >= 0.3 is 0 Å². The summed E-state index contributed by atoms with van der Waals surface area (Å²) in [5.41, 5.74) is 0.832. The quantitative estimate of drug-likeness (QED) is 0.615. The van der Waals surface area contributed by atoms with Crippen LogP contribution in [-0.4, -0.2) is 8.42 Å². The molecule has 4 nitrogen and oxygen atoms in total. The molecule has 1 heterocycles. The summed E-state index contributed by atoms with van der Waals surface area (Å²) < 4.78 is 25.7. The van der Waals surface area contributed by atoms with Crippen LogP contribution in [0.1, 0.15) is 31.7 Å². The molecule has 0 saturated heterocycles. The van der Waals surface area contributed by atoms with Gasteiger partial charge < -0.3 is 0 Å². The zero-order valence-electron chi connectivity index (χ0n) is 12.8. The van der Waals surface area contributed by atoms with Gasteiger partial charge in [0.2, 0.25) is 9.84 Å². The molecule has 5 heteroatoms. The number of unbranched alkanes of at least 4 members (excludes halogenated alkanes) is 1. The lowest BCUT2D eigenvalue weighted by Gasteiger charge is -2.18. The van der Waals surface area contributed by atoms with Crippen molar-refractivity contribution >= 4 is 14.7 Å². The second kappa shape index (κ2) is 7.09. The molecule has 0 radical (unpaired) electrons. The number of rotatable bonds is 4. The minimum Gasteiger partial charge on any atom is -0.226 e. The summed E-state index contributed by atoms with van der Waals surface area (Å²) in [5, 5.41) is 9.10. The molecule has 1 aliphatic heterocycles. The van der Waals surface area contributed by atoms with E-state index in [9.17, 15) is 8.42 Å². The van der Waals surface area contributed by atoms with Crippen LogP contribution in [-0.2, 0) is 9.84 Å². The van der Waals surface area contributed by atoms with E-state index in [0.717, 1.165) is 12.8 Å². The first-order valence-corrected chi connectivity index (χ1v) is 8.77. The Morgan fingerprint density at radius 3 is 2.52 bits per heavy atom. The number of hydrogen-bond donors (Lipinski definition) is 0. The highest BCUT2D eigenvalue weighted by molar-refractivity contribution is 8.04. The van der Waals surface area contributed by atoms with Crippen LogP contribution >= 0.6 is 0 Å². The topological polar surface area (TPSA) is 62.3 Å². The molecule has 0 aliphatic carbocycles. The van der Waals surface area contributed by atoms with Crippen LogP contribution in [0.2, 0.25) is 0 Å². The molecular weight excluding hydrogens is 308 g/mol. The van der Waals surface area contributed by atoms with E-state index in [4.69, 9.17) is 11.8 Å². The molecule has 0 aromatic heterocycles. The molecule has 0 unspecified atom stereocenters. The van der Waals surface area contributed by atoms with Crippen molar-refractivity contribution < 1.29 is 8.42 Å². The minimum absolute atomic E-state index is 0.0951. The molecule has 23 heavy (non-hydrogen) atoms. The number of nitriles is 1. The average Bonchev–Trinajstić information content (AvgIpc) is 2.56. The Morgan fingerprint density at radius 1 is 1.26 bits per heavy atom. The standard InChI is InChI=1S/C18H16N2O2S/c1-3-4-10-16-11-15(17(13-19)20-2)12-18(23(16,21)22)14-8-6-5-7-9-14/h5-9,11-12H,3-4,10H2,1H3/b17-15+. The van der Waals surface area contributed by atoms with E-state index < -0.39 is 9.84 Å². The zero-order chi connectivity index (χ0) is 16.9. The molecule has 0 atom stereocenters. The van der Waals surface area contributed by atoms with E-state index in [1.807, 2.05) is 19.1 Å². The van der Waals surface area contributed by atoms with Gasteiger partial charge in [0.25, 0.3) is 5.70 Å². The van der Waals surface area contributed by atoms with Crippen molar-refractivity contribution in [3.05, 3.63) is 75.6 Å². The fourth-order valence-electron chi connectivity index (χ4n) is 2.34. The van der Waals surface area contributed by atoms with E-state index in [2.05, 4.69) is 4.85 Å². The highest BCUT2D eigenvalue weighted by Gasteiger charge is 2.28. The monoisotopic (exact) mass is 324 g/mol. The predicted molar refractivity (Wildman–Crippen MR) is 90.2 cm³/mol. The Kier molecular flexibility index (Phi) is 5.16. The molecular formula is C18H16N2O2S. The Morgan fingerprint density at radius 2 is 1.96 bits per heavy atom. The summed E-state index contributed by atoms with van der Waals surface area (Å²) >= 11 is 0. The van der Waals surface area contributed by atoms with Crippen molar-refractivity contribution in [1.29, 1.82) is 5.26 Å². The average molecular weight is 324 g/mol. The molecule has 0 fully saturated rings. The van der Waals surface area contributed by atoms with Crippen LogP contribution in [0.25, 0.3) is 9.75 Å². The van der Waals surface area contributed by atoms with Crippen LogP contribution < -0.4 is 0 Å². The molecule has 116 valence electrons. The highest BCUT2D eigenvalue weighted by Crippen LogP contribution is 2.36. The molecule has 0 spiro atoms. The van der Waals surface area contributed by atoms with Crippen molar-refractivity contribution in [3.63, 3.8) is 0 Å². The number of sulfone groups is 1. The molecule has 0 amide bonds. The van der Waals surface area contributed by atoms with E-state index >= 15 is 0 Å². The van der Waals surface area contributed by atoms with Crippen molar-refractivity contribution in [2.24, 2.45) is 0 Å². The van der Waals surface area contributed by atoms with Gasteiger partial charge in [0.1, 0.15) is 0 Å². The summed E-state index contributed by atoms with van der Waals surface area (Å²) in [6, 6.07) is 10.6. The summed E-state index contributed by atoms with van der Waals surface area (Å²) in [6.45, 7) is 9.09. The SMILES string of the molecule is [C-]#[N+]/C(C#N)=C1\C=C(CCCC)S(=O)(=O)C(c2ccccc2)=C1. The largest absolute Gasteiger partial charge is 0.269 e. The second-order valence-electron chi connectivity index (χ2n) is 5.12. The molecule has 1 aromatic carbocycles. The van der Waals surface area contributed by atoms with Crippen molar-refractivity contribution in [2.75, 3.05) is 0 Å².